The van der Waals surface area contributed by atoms with Crippen LogP contribution < -0.4 is 14.8 Å². The molecule has 0 amide bonds. The molecule has 6 nitrogen and oxygen atoms in total. The summed E-state index contributed by atoms with van der Waals surface area (Å²) in [7, 11) is 0. The van der Waals surface area contributed by atoms with Gasteiger partial charge in [0.2, 0.25) is 0 Å². The Bertz CT molecular complexity index is 766. The number of rotatable bonds is 8. The van der Waals surface area contributed by atoms with Crippen molar-refractivity contribution in [3.05, 3.63) is 48.2 Å². The van der Waals surface area contributed by atoms with Gasteiger partial charge in [0.25, 0.3) is 5.18 Å². The fraction of sp³-hybridized carbons (Fsp3) is 0.421. The van der Waals surface area contributed by atoms with Crippen molar-refractivity contribution in [2.24, 2.45) is 0 Å². The van der Waals surface area contributed by atoms with Crippen molar-refractivity contribution in [2.45, 2.75) is 43.8 Å². The first-order valence-electron chi connectivity index (χ1n) is 8.75. The Labute approximate surface area is 170 Å². The average molecular weight is 436 g/mol. The maximum absolute atomic E-state index is 12.6. The lowest BCUT2D eigenvalue weighted by Gasteiger charge is -2.28. The minimum absolute atomic E-state index is 0.198. The van der Waals surface area contributed by atoms with E-state index in [0.29, 0.717) is 5.75 Å². The van der Waals surface area contributed by atoms with Gasteiger partial charge >= 0.3 is 12.1 Å². The van der Waals surface area contributed by atoms with Crippen LogP contribution in [-0.2, 0) is 9.53 Å². The second kappa shape index (κ2) is 9.41. The van der Waals surface area contributed by atoms with E-state index >= 15 is 0 Å². The van der Waals surface area contributed by atoms with E-state index in [9.17, 15) is 23.1 Å². The van der Waals surface area contributed by atoms with Crippen LogP contribution >= 0.6 is 11.6 Å². The summed E-state index contributed by atoms with van der Waals surface area (Å²) in [6.07, 6.45) is -3.81. The van der Waals surface area contributed by atoms with Crippen molar-refractivity contribution in [1.82, 2.24) is 5.32 Å². The lowest BCUT2D eigenvalue weighted by molar-refractivity contribution is -0.146. The third-order valence-electron chi connectivity index (χ3n) is 3.86. The largest absolute Gasteiger partial charge is 0.488 e. The van der Waals surface area contributed by atoms with Gasteiger partial charge in [0.05, 0.1) is 18.6 Å². The molecule has 3 atom stereocenters. The molecule has 0 aromatic heterocycles. The van der Waals surface area contributed by atoms with Crippen molar-refractivity contribution in [3.8, 4) is 11.5 Å². The predicted molar refractivity (Wildman–Crippen MR) is 99.4 cm³/mol. The van der Waals surface area contributed by atoms with Crippen LogP contribution in [0, 0.1) is 0 Å². The SMILES string of the molecule is CCOC(=O)CC(O)C(C)Oc1ccc(OC2(Cl)C=CC(C(F)(F)F)=CN2)cc1. The highest BCUT2D eigenvalue weighted by atomic mass is 35.5. The topological polar surface area (TPSA) is 77.0 Å². The number of aliphatic hydroxyl groups is 1. The number of hydrogen-bond acceptors (Lipinski definition) is 6. The van der Waals surface area contributed by atoms with Crippen LogP contribution in [0.1, 0.15) is 20.3 Å². The molecule has 1 aromatic rings. The van der Waals surface area contributed by atoms with Gasteiger partial charge in [0.1, 0.15) is 23.7 Å². The molecule has 29 heavy (non-hydrogen) atoms. The molecule has 0 radical (unpaired) electrons. The zero-order valence-corrected chi connectivity index (χ0v) is 16.5. The Hall–Kier alpha value is -2.39. The van der Waals surface area contributed by atoms with E-state index in [1.165, 1.54) is 24.3 Å². The second-order valence-electron chi connectivity index (χ2n) is 6.19. The van der Waals surface area contributed by atoms with Gasteiger partial charge in [-0.25, -0.2) is 0 Å². The summed E-state index contributed by atoms with van der Waals surface area (Å²) in [6.45, 7) is 3.49. The molecule has 1 heterocycles. The Morgan fingerprint density at radius 1 is 1.28 bits per heavy atom. The molecule has 3 unspecified atom stereocenters. The molecule has 0 spiro atoms. The first kappa shape index (κ1) is 22.9. The van der Waals surface area contributed by atoms with Crippen LogP contribution in [0.3, 0.4) is 0 Å². The minimum Gasteiger partial charge on any atom is -0.488 e. The van der Waals surface area contributed by atoms with Gasteiger partial charge in [-0.3, -0.25) is 4.79 Å². The van der Waals surface area contributed by atoms with Gasteiger partial charge in [0, 0.05) is 6.20 Å². The van der Waals surface area contributed by atoms with Gasteiger partial charge in [-0.1, -0.05) is 0 Å². The van der Waals surface area contributed by atoms with E-state index in [-0.39, 0.29) is 18.8 Å². The molecule has 1 aliphatic rings. The second-order valence-corrected chi connectivity index (χ2v) is 6.75. The Morgan fingerprint density at radius 3 is 2.41 bits per heavy atom. The number of dihydropyridines is 1. The Kier molecular flexibility index (Phi) is 7.43. The number of alkyl halides is 4. The van der Waals surface area contributed by atoms with Crippen molar-refractivity contribution >= 4 is 17.6 Å². The molecule has 0 bridgehead atoms. The normalized spacial score (nSPS) is 20.9. The standard InChI is InChI=1S/C19H21ClF3NO5/c1-3-27-17(26)10-16(25)12(2)28-14-4-6-15(7-5-14)29-18(20)9-8-13(11-24-18)19(21,22)23/h4-9,11-12,16,24-25H,3,10H2,1-2H3. The number of carbonyl (C=O) groups excluding carboxylic acids is 1. The van der Waals surface area contributed by atoms with Crippen LogP contribution in [0.4, 0.5) is 13.2 Å². The Balaban J connectivity index is 1.91. The van der Waals surface area contributed by atoms with Crippen molar-refractivity contribution < 1.29 is 37.3 Å². The van der Waals surface area contributed by atoms with E-state index in [1.54, 1.807) is 13.8 Å². The molecule has 0 fully saturated rings. The molecule has 1 aromatic carbocycles. The highest BCUT2D eigenvalue weighted by Gasteiger charge is 2.37. The zero-order valence-electron chi connectivity index (χ0n) is 15.7. The highest BCUT2D eigenvalue weighted by molar-refractivity contribution is 6.24. The lowest BCUT2D eigenvalue weighted by Crippen LogP contribution is -2.42. The van der Waals surface area contributed by atoms with Crippen LogP contribution in [0.25, 0.3) is 0 Å². The number of ether oxygens (including phenoxy) is 3. The summed E-state index contributed by atoms with van der Waals surface area (Å²) in [6, 6.07) is 6.07. The van der Waals surface area contributed by atoms with Crippen LogP contribution in [0.5, 0.6) is 11.5 Å². The first-order valence-corrected chi connectivity index (χ1v) is 9.13. The molecular formula is C19H21ClF3NO5. The van der Waals surface area contributed by atoms with Gasteiger partial charge in [-0.05, 0) is 61.9 Å². The number of hydrogen-bond donors (Lipinski definition) is 2. The summed E-state index contributed by atoms with van der Waals surface area (Å²) >= 11 is 6.12. The number of aliphatic hydroxyl groups excluding tert-OH is 1. The summed E-state index contributed by atoms with van der Waals surface area (Å²) in [4.78, 5) is 11.4. The molecule has 1 aliphatic heterocycles. The van der Waals surface area contributed by atoms with E-state index in [0.717, 1.165) is 18.4 Å². The Morgan fingerprint density at radius 2 is 1.90 bits per heavy atom. The summed E-state index contributed by atoms with van der Waals surface area (Å²) < 4.78 is 53.7. The molecule has 2 rings (SSSR count). The van der Waals surface area contributed by atoms with Crippen molar-refractivity contribution in [2.75, 3.05) is 6.61 Å². The third-order valence-corrected chi connectivity index (χ3v) is 4.18. The first-order chi connectivity index (χ1) is 13.5. The minimum atomic E-state index is -4.49. The number of allylic oxidation sites excluding steroid dienone is 2. The molecule has 0 saturated carbocycles. The quantitative estimate of drug-likeness (QED) is 0.369. The van der Waals surface area contributed by atoms with Crippen molar-refractivity contribution in [3.63, 3.8) is 0 Å². The fourth-order valence-corrected chi connectivity index (χ4v) is 2.52. The van der Waals surface area contributed by atoms with Crippen LogP contribution in [0.2, 0.25) is 0 Å². The fourth-order valence-electron chi connectivity index (χ4n) is 2.32. The molecule has 2 N–H and O–H groups in total. The number of halogens is 4. The van der Waals surface area contributed by atoms with Crippen LogP contribution in [-0.4, -0.2) is 41.3 Å². The van der Waals surface area contributed by atoms with E-state index in [4.69, 9.17) is 25.8 Å². The van der Waals surface area contributed by atoms with E-state index in [2.05, 4.69) is 5.32 Å². The molecule has 0 aliphatic carbocycles. The van der Waals surface area contributed by atoms with Gasteiger partial charge in [-0.15, -0.1) is 0 Å². The van der Waals surface area contributed by atoms with Crippen LogP contribution in [0.15, 0.2) is 48.2 Å². The van der Waals surface area contributed by atoms with Gasteiger partial charge in [0.15, 0.2) is 0 Å². The number of esters is 1. The molecular weight excluding hydrogens is 415 g/mol. The highest BCUT2D eigenvalue weighted by Crippen LogP contribution is 2.32. The summed E-state index contributed by atoms with van der Waals surface area (Å²) in [5.41, 5.74) is -0.878. The lowest BCUT2D eigenvalue weighted by atomic mass is 10.1. The van der Waals surface area contributed by atoms with Gasteiger partial charge < -0.3 is 24.6 Å². The third kappa shape index (κ3) is 6.86. The zero-order chi connectivity index (χ0) is 21.7. The summed E-state index contributed by atoms with van der Waals surface area (Å²) in [5.74, 6) is 0.137. The molecule has 160 valence electrons. The average Bonchev–Trinajstić information content (AvgIpc) is 2.62. The number of nitrogens with one attached hydrogen (secondary N) is 1. The van der Waals surface area contributed by atoms with Crippen molar-refractivity contribution in [1.29, 1.82) is 0 Å². The molecule has 10 heteroatoms. The van der Waals surface area contributed by atoms with E-state index in [1.807, 2.05) is 0 Å². The number of benzene rings is 1. The monoisotopic (exact) mass is 435 g/mol. The summed E-state index contributed by atoms with van der Waals surface area (Å²) in [5, 5.41) is 10.7. The van der Waals surface area contributed by atoms with Gasteiger partial charge in [-0.2, -0.15) is 13.2 Å². The maximum Gasteiger partial charge on any atom is 0.417 e. The predicted octanol–water partition coefficient (Wildman–Crippen LogP) is 3.65. The number of carbonyl (C=O) groups is 1. The molecule has 0 saturated heterocycles. The maximum atomic E-state index is 12.6. The van der Waals surface area contributed by atoms with E-state index < -0.39 is 35.1 Å². The smallest absolute Gasteiger partial charge is 0.417 e.